The van der Waals surface area contributed by atoms with Gasteiger partial charge in [-0.15, -0.1) is 11.3 Å². The molecule has 8 heteroatoms. The van der Waals surface area contributed by atoms with Crippen LogP contribution in [-0.4, -0.2) is 25.6 Å². The topological polar surface area (TPSA) is 78.7 Å². The van der Waals surface area contributed by atoms with Crippen LogP contribution in [0.5, 0.6) is 0 Å². The van der Waals surface area contributed by atoms with Gasteiger partial charge < -0.3 is 10.3 Å². The van der Waals surface area contributed by atoms with Crippen LogP contribution in [0.3, 0.4) is 0 Å². The predicted molar refractivity (Wildman–Crippen MR) is 109 cm³/mol. The minimum Gasteiger partial charge on any atom is -0.399 e. The Morgan fingerprint density at radius 3 is 2.73 bits per heavy atom. The van der Waals surface area contributed by atoms with Gasteiger partial charge in [0.2, 0.25) is 0 Å². The number of thiazole rings is 1. The molecule has 0 aliphatic carbocycles. The van der Waals surface area contributed by atoms with Crippen LogP contribution in [0.1, 0.15) is 11.1 Å². The van der Waals surface area contributed by atoms with Crippen molar-refractivity contribution in [1.29, 1.82) is 0 Å². The fourth-order valence-electron chi connectivity index (χ4n) is 2.97. The maximum absolute atomic E-state index is 13.0. The van der Waals surface area contributed by atoms with E-state index in [4.69, 9.17) is 5.73 Å². The van der Waals surface area contributed by atoms with Gasteiger partial charge in [0.05, 0.1) is 17.4 Å². The van der Waals surface area contributed by atoms with E-state index in [0.717, 1.165) is 31.2 Å². The molecule has 6 nitrogen and oxygen atoms in total. The molecule has 0 spiro atoms. The first kappa shape index (κ1) is 16.9. The van der Waals surface area contributed by atoms with Crippen molar-refractivity contribution < 1.29 is 0 Å². The average molecular weight is 384 g/mol. The normalized spacial score (nSPS) is 11.5. The van der Waals surface area contributed by atoms with Crippen LogP contribution in [0.2, 0.25) is 0 Å². The monoisotopic (exact) mass is 383 g/mol. The first-order valence-corrected chi connectivity index (χ1v) is 9.96. The van der Waals surface area contributed by atoms with Crippen molar-refractivity contribution in [2.24, 2.45) is 12.8 Å². The summed E-state index contributed by atoms with van der Waals surface area (Å²) in [5.74, 6) is 0. The first-order chi connectivity index (χ1) is 12.5. The number of rotatable bonds is 4. The number of hydrogen-bond donors (Lipinski definition) is 1. The molecular weight excluding hydrogens is 366 g/mol. The van der Waals surface area contributed by atoms with E-state index in [1.54, 1.807) is 29.3 Å². The third-order valence-corrected chi connectivity index (χ3v) is 6.40. The average Bonchev–Trinajstić information content (AvgIpc) is 3.17. The van der Waals surface area contributed by atoms with Crippen molar-refractivity contribution in [3.63, 3.8) is 0 Å². The Morgan fingerprint density at radius 2 is 2.08 bits per heavy atom. The van der Waals surface area contributed by atoms with E-state index in [0.29, 0.717) is 17.8 Å². The molecule has 0 amide bonds. The third-order valence-electron chi connectivity index (χ3n) is 4.34. The Kier molecular flexibility index (Phi) is 4.08. The molecule has 0 aliphatic heterocycles. The molecule has 4 aromatic rings. The first-order valence-electron chi connectivity index (χ1n) is 7.92. The number of nitrogens with two attached hydrogens (primary N) is 1. The molecule has 132 valence electrons. The second kappa shape index (κ2) is 6.30. The minimum atomic E-state index is -0.117. The Balaban J connectivity index is 1.79. The molecule has 0 radical (unpaired) electrons. The molecule has 3 heterocycles. The molecule has 0 unspecified atom stereocenters. The van der Waals surface area contributed by atoms with E-state index < -0.39 is 0 Å². The third kappa shape index (κ3) is 2.62. The highest BCUT2D eigenvalue weighted by Crippen LogP contribution is 2.34. The summed E-state index contributed by atoms with van der Waals surface area (Å²) < 4.78 is 5.34. The minimum absolute atomic E-state index is 0.117. The molecule has 0 bridgehead atoms. The van der Waals surface area contributed by atoms with Crippen LogP contribution in [0.15, 0.2) is 46.2 Å². The van der Waals surface area contributed by atoms with E-state index in [-0.39, 0.29) is 5.56 Å². The van der Waals surface area contributed by atoms with E-state index in [2.05, 4.69) is 16.7 Å². The Bertz CT molecular complexity index is 1200. The second-order valence-electron chi connectivity index (χ2n) is 5.99. The van der Waals surface area contributed by atoms with Gasteiger partial charge in [-0.2, -0.15) is 5.10 Å². The lowest BCUT2D eigenvalue weighted by atomic mass is 10.1. The molecule has 0 fully saturated rings. The summed E-state index contributed by atoms with van der Waals surface area (Å²) in [4.78, 5) is 17.6. The van der Waals surface area contributed by atoms with Crippen molar-refractivity contribution >= 4 is 50.0 Å². The quantitative estimate of drug-likeness (QED) is 0.548. The Morgan fingerprint density at radius 1 is 1.35 bits per heavy atom. The van der Waals surface area contributed by atoms with Crippen LogP contribution < -0.4 is 11.3 Å². The van der Waals surface area contributed by atoms with Gasteiger partial charge in [0.15, 0.2) is 9.99 Å². The van der Waals surface area contributed by atoms with Gasteiger partial charge in [-0.25, -0.2) is 9.67 Å². The zero-order valence-corrected chi connectivity index (χ0v) is 16.0. The van der Waals surface area contributed by atoms with Crippen molar-refractivity contribution in [2.45, 2.75) is 10.9 Å². The molecule has 3 aromatic heterocycles. The number of hydrogen-bond acceptors (Lipinski definition) is 6. The number of benzene rings is 1. The van der Waals surface area contributed by atoms with Crippen molar-refractivity contribution in [2.75, 3.05) is 6.26 Å². The van der Waals surface area contributed by atoms with Crippen molar-refractivity contribution in [3.05, 3.63) is 58.5 Å². The highest BCUT2D eigenvalue weighted by molar-refractivity contribution is 8.00. The molecule has 26 heavy (non-hydrogen) atoms. The van der Waals surface area contributed by atoms with Crippen molar-refractivity contribution in [1.82, 2.24) is 19.3 Å². The van der Waals surface area contributed by atoms with E-state index in [1.807, 2.05) is 42.1 Å². The van der Waals surface area contributed by atoms with E-state index >= 15 is 0 Å². The highest BCUT2D eigenvalue weighted by atomic mass is 32.2. The van der Waals surface area contributed by atoms with Gasteiger partial charge in [-0.3, -0.25) is 4.79 Å². The number of nitrogens with zero attached hydrogens (tertiary/aromatic N) is 4. The molecule has 4 rings (SSSR count). The van der Waals surface area contributed by atoms with Gasteiger partial charge in [0.25, 0.3) is 5.56 Å². The number of aromatic nitrogens is 4. The summed E-state index contributed by atoms with van der Waals surface area (Å²) in [5.41, 5.74) is 9.42. The second-order valence-corrected chi connectivity index (χ2v) is 8.04. The summed E-state index contributed by atoms with van der Waals surface area (Å²) in [6.45, 7) is 4.12. The lowest BCUT2D eigenvalue weighted by Gasteiger charge is -2.07. The number of aryl methyl sites for hydroxylation is 1. The summed E-state index contributed by atoms with van der Waals surface area (Å²) in [6, 6.07) is 7.66. The zero-order chi connectivity index (χ0) is 18.4. The SMILES string of the molecule is C=C(N)c1ccc(Cn2ncc3c4sc(SC)nc4n(C)c3c2=O)cc1. The number of fused-ring (bicyclic) bond motifs is 3. The molecule has 2 N–H and O–H groups in total. The fraction of sp³-hybridized carbons (Fsp3) is 0.167. The Labute approximate surface area is 158 Å². The maximum atomic E-state index is 13.0. The summed E-state index contributed by atoms with van der Waals surface area (Å²) in [5, 5.41) is 5.24. The smallest absolute Gasteiger partial charge is 0.291 e. The van der Waals surface area contributed by atoms with Crippen LogP contribution in [0.4, 0.5) is 0 Å². The van der Waals surface area contributed by atoms with Gasteiger partial charge in [0.1, 0.15) is 5.52 Å². The predicted octanol–water partition coefficient (Wildman–Crippen LogP) is 3.04. The van der Waals surface area contributed by atoms with E-state index in [9.17, 15) is 4.79 Å². The molecule has 0 aliphatic rings. The van der Waals surface area contributed by atoms with Crippen LogP contribution in [0, 0.1) is 0 Å². The van der Waals surface area contributed by atoms with Gasteiger partial charge >= 0.3 is 0 Å². The number of thioether (sulfide) groups is 1. The lowest BCUT2D eigenvalue weighted by molar-refractivity contribution is 0.644. The largest absolute Gasteiger partial charge is 0.399 e. The zero-order valence-electron chi connectivity index (χ0n) is 14.4. The highest BCUT2D eigenvalue weighted by Gasteiger charge is 2.18. The van der Waals surface area contributed by atoms with Crippen LogP contribution in [0.25, 0.3) is 26.9 Å². The standard InChI is InChI=1S/C18H17N5OS2/c1-10(19)12-6-4-11(5-7-12)9-23-17(24)14-13(8-20-23)15-16(22(14)2)21-18(25-3)26-15/h4-8H,1,9,19H2,2-3H3. The van der Waals surface area contributed by atoms with Gasteiger partial charge in [0, 0.05) is 18.1 Å². The van der Waals surface area contributed by atoms with Crippen molar-refractivity contribution in [3.8, 4) is 0 Å². The Hall–Kier alpha value is -2.58. The summed E-state index contributed by atoms with van der Waals surface area (Å²) >= 11 is 3.20. The van der Waals surface area contributed by atoms with E-state index in [1.165, 1.54) is 4.68 Å². The lowest BCUT2D eigenvalue weighted by Crippen LogP contribution is -2.24. The molecule has 0 saturated heterocycles. The fourth-order valence-corrected chi connectivity index (χ4v) is 4.57. The van der Waals surface area contributed by atoms with Crippen LogP contribution >= 0.6 is 23.1 Å². The van der Waals surface area contributed by atoms with Crippen LogP contribution in [-0.2, 0) is 13.6 Å². The molecule has 0 saturated carbocycles. The maximum Gasteiger partial charge on any atom is 0.291 e. The van der Waals surface area contributed by atoms with Gasteiger partial charge in [-0.1, -0.05) is 42.6 Å². The summed E-state index contributed by atoms with van der Waals surface area (Å²) in [7, 11) is 1.88. The summed E-state index contributed by atoms with van der Waals surface area (Å²) in [6.07, 6.45) is 3.76. The molecular formula is C18H17N5OS2. The van der Waals surface area contributed by atoms with Gasteiger partial charge in [-0.05, 0) is 17.4 Å². The molecule has 1 aromatic carbocycles. The molecule has 0 atom stereocenters.